The molecule has 4 nitrogen and oxygen atoms in total. The first-order chi connectivity index (χ1) is 9.86. The lowest BCUT2D eigenvalue weighted by molar-refractivity contribution is -0.142. The van der Waals surface area contributed by atoms with Gasteiger partial charge in [-0.15, -0.1) is 0 Å². The Morgan fingerprint density at radius 3 is 2.67 bits per heavy atom. The summed E-state index contributed by atoms with van der Waals surface area (Å²) in [4.78, 5) is 22.8. The number of halogens is 2. The minimum absolute atomic E-state index is 0.0877. The number of carboxylic acids is 1. The Morgan fingerprint density at radius 2 is 2.14 bits per heavy atom. The minimum atomic E-state index is -1.10. The van der Waals surface area contributed by atoms with Crippen molar-refractivity contribution >= 4 is 29.6 Å². The third kappa shape index (κ3) is 4.86. The molecule has 2 unspecified atom stereocenters. The van der Waals surface area contributed by atoms with Crippen molar-refractivity contribution in [3.8, 4) is 0 Å². The lowest BCUT2D eigenvalue weighted by atomic mass is 9.99. The number of benzene rings is 1. The maximum Gasteiger partial charge on any atom is 0.326 e. The second-order valence-corrected chi connectivity index (χ2v) is 5.09. The molecule has 6 heteroatoms. The van der Waals surface area contributed by atoms with Gasteiger partial charge in [0.2, 0.25) is 5.91 Å². The molecule has 0 radical (unpaired) electrons. The third-order valence-corrected chi connectivity index (χ3v) is 3.51. The summed E-state index contributed by atoms with van der Waals surface area (Å²) in [5.74, 6) is -2.47. The molecule has 0 aromatic heterocycles. The average molecular weight is 314 g/mol. The van der Waals surface area contributed by atoms with Crippen LogP contribution >= 0.6 is 11.6 Å². The van der Waals surface area contributed by atoms with E-state index in [9.17, 15) is 14.0 Å². The van der Waals surface area contributed by atoms with Gasteiger partial charge in [0.25, 0.3) is 0 Å². The van der Waals surface area contributed by atoms with Gasteiger partial charge < -0.3 is 10.4 Å². The number of carbonyl (C=O) groups excluding carboxylic acids is 1. The predicted octanol–water partition coefficient (Wildman–Crippen LogP) is 3.11. The standard InChI is InChI=1S/C15H17ClFNO3/c1-3-9(2)14(15(20)21)18-13(19)8-7-10-11(16)5-4-6-12(10)17/h4-9,14H,3H2,1-2H3,(H,18,19)(H,20,21)/b8-7+. The first kappa shape index (κ1) is 17.2. The van der Waals surface area contributed by atoms with Crippen molar-refractivity contribution in [2.45, 2.75) is 26.3 Å². The highest BCUT2D eigenvalue weighted by Gasteiger charge is 2.24. The minimum Gasteiger partial charge on any atom is -0.480 e. The summed E-state index contributed by atoms with van der Waals surface area (Å²) in [6, 6.07) is 3.20. The van der Waals surface area contributed by atoms with E-state index < -0.39 is 23.7 Å². The highest BCUT2D eigenvalue weighted by molar-refractivity contribution is 6.32. The summed E-state index contributed by atoms with van der Waals surface area (Å²) in [7, 11) is 0. The molecule has 0 aliphatic heterocycles. The van der Waals surface area contributed by atoms with E-state index >= 15 is 0 Å². The SMILES string of the molecule is CCC(C)C(NC(=O)/C=C/c1c(F)cccc1Cl)C(=O)O. The van der Waals surface area contributed by atoms with Crippen LogP contribution in [0.1, 0.15) is 25.8 Å². The second-order valence-electron chi connectivity index (χ2n) is 4.68. The van der Waals surface area contributed by atoms with Crippen LogP contribution in [0.2, 0.25) is 5.02 Å². The van der Waals surface area contributed by atoms with Crippen LogP contribution in [0, 0.1) is 11.7 Å². The van der Waals surface area contributed by atoms with Crippen molar-refractivity contribution in [1.82, 2.24) is 5.32 Å². The Kier molecular flexibility index (Phi) is 6.37. The maximum atomic E-state index is 13.5. The summed E-state index contributed by atoms with van der Waals surface area (Å²) >= 11 is 5.82. The van der Waals surface area contributed by atoms with E-state index in [1.165, 1.54) is 24.3 Å². The zero-order chi connectivity index (χ0) is 16.0. The first-order valence-corrected chi connectivity index (χ1v) is 6.90. The topological polar surface area (TPSA) is 66.4 Å². The van der Waals surface area contributed by atoms with Crippen LogP contribution in [0.3, 0.4) is 0 Å². The van der Waals surface area contributed by atoms with E-state index in [1.54, 1.807) is 6.92 Å². The molecular weight excluding hydrogens is 297 g/mol. The van der Waals surface area contributed by atoms with Gasteiger partial charge in [-0.05, 0) is 24.1 Å². The first-order valence-electron chi connectivity index (χ1n) is 6.52. The maximum absolute atomic E-state index is 13.5. The highest BCUT2D eigenvalue weighted by atomic mass is 35.5. The summed E-state index contributed by atoms with van der Waals surface area (Å²) < 4.78 is 13.5. The molecule has 0 fully saturated rings. The monoisotopic (exact) mass is 313 g/mol. The number of carboxylic acid groups (broad SMARTS) is 1. The molecule has 1 aromatic carbocycles. The zero-order valence-electron chi connectivity index (χ0n) is 11.8. The Morgan fingerprint density at radius 1 is 1.48 bits per heavy atom. The van der Waals surface area contributed by atoms with Gasteiger partial charge in [-0.25, -0.2) is 9.18 Å². The molecule has 2 atom stereocenters. The number of hydrogen-bond acceptors (Lipinski definition) is 2. The average Bonchev–Trinajstić information content (AvgIpc) is 2.43. The van der Waals surface area contributed by atoms with Crippen LogP contribution in [0.15, 0.2) is 24.3 Å². The summed E-state index contributed by atoms with van der Waals surface area (Å²) in [6.45, 7) is 3.57. The molecule has 0 aliphatic rings. The van der Waals surface area contributed by atoms with Gasteiger partial charge in [0, 0.05) is 11.6 Å². The van der Waals surface area contributed by atoms with Gasteiger partial charge in [-0.3, -0.25) is 4.79 Å². The Balaban J connectivity index is 2.81. The fourth-order valence-corrected chi connectivity index (χ4v) is 1.94. The second kappa shape index (κ2) is 7.78. The smallest absolute Gasteiger partial charge is 0.326 e. The molecule has 0 saturated heterocycles. The lowest BCUT2D eigenvalue weighted by Gasteiger charge is -2.19. The molecule has 21 heavy (non-hydrogen) atoms. The van der Waals surface area contributed by atoms with Crippen molar-refractivity contribution < 1.29 is 19.1 Å². The molecule has 0 bridgehead atoms. The quantitative estimate of drug-likeness (QED) is 0.793. The summed E-state index contributed by atoms with van der Waals surface area (Å²) in [5.41, 5.74) is 0.0877. The number of rotatable bonds is 6. The molecular formula is C15H17ClFNO3. The number of hydrogen-bond donors (Lipinski definition) is 2. The van der Waals surface area contributed by atoms with E-state index in [1.807, 2.05) is 6.92 Å². The van der Waals surface area contributed by atoms with Crippen LogP contribution in [0.5, 0.6) is 0 Å². The Hall–Kier alpha value is -1.88. The predicted molar refractivity (Wildman–Crippen MR) is 79.5 cm³/mol. The van der Waals surface area contributed by atoms with Crippen LogP contribution in [0.25, 0.3) is 6.08 Å². The van der Waals surface area contributed by atoms with Gasteiger partial charge >= 0.3 is 5.97 Å². The molecule has 1 aromatic rings. The van der Waals surface area contributed by atoms with Gasteiger partial charge in [-0.1, -0.05) is 37.9 Å². The lowest BCUT2D eigenvalue weighted by Crippen LogP contribution is -2.44. The number of nitrogens with one attached hydrogen (secondary N) is 1. The third-order valence-electron chi connectivity index (χ3n) is 3.18. The molecule has 0 saturated carbocycles. The fourth-order valence-electron chi connectivity index (χ4n) is 1.71. The highest BCUT2D eigenvalue weighted by Crippen LogP contribution is 2.20. The van der Waals surface area contributed by atoms with Gasteiger partial charge in [0.15, 0.2) is 0 Å². The molecule has 2 N–H and O–H groups in total. The van der Waals surface area contributed by atoms with Crippen LogP contribution in [0.4, 0.5) is 4.39 Å². The zero-order valence-corrected chi connectivity index (χ0v) is 12.5. The number of aliphatic carboxylic acids is 1. The molecule has 0 heterocycles. The normalized spacial score (nSPS) is 13.9. The van der Waals surface area contributed by atoms with Crippen molar-refractivity contribution in [2.24, 2.45) is 5.92 Å². The van der Waals surface area contributed by atoms with E-state index in [0.29, 0.717) is 6.42 Å². The number of amides is 1. The Bertz CT molecular complexity index is 540. The van der Waals surface area contributed by atoms with Crippen molar-refractivity contribution in [2.75, 3.05) is 0 Å². The van der Waals surface area contributed by atoms with Gasteiger partial charge in [0.05, 0.1) is 5.02 Å². The summed E-state index contributed by atoms with van der Waals surface area (Å²) in [5, 5.41) is 11.6. The van der Waals surface area contributed by atoms with E-state index in [4.69, 9.17) is 16.7 Å². The molecule has 114 valence electrons. The van der Waals surface area contributed by atoms with E-state index in [2.05, 4.69) is 5.32 Å². The van der Waals surface area contributed by atoms with Gasteiger partial charge in [0.1, 0.15) is 11.9 Å². The largest absolute Gasteiger partial charge is 0.480 e. The Labute approximate surface area is 127 Å². The van der Waals surface area contributed by atoms with Crippen molar-refractivity contribution in [3.63, 3.8) is 0 Å². The van der Waals surface area contributed by atoms with Crippen LogP contribution in [-0.4, -0.2) is 23.0 Å². The van der Waals surface area contributed by atoms with Crippen molar-refractivity contribution in [1.29, 1.82) is 0 Å². The van der Waals surface area contributed by atoms with Crippen LogP contribution < -0.4 is 5.32 Å². The van der Waals surface area contributed by atoms with Gasteiger partial charge in [-0.2, -0.15) is 0 Å². The van der Waals surface area contributed by atoms with E-state index in [0.717, 1.165) is 6.08 Å². The van der Waals surface area contributed by atoms with Crippen LogP contribution in [-0.2, 0) is 9.59 Å². The molecule has 0 aliphatic carbocycles. The molecule has 0 spiro atoms. The van der Waals surface area contributed by atoms with Crippen molar-refractivity contribution in [3.05, 3.63) is 40.7 Å². The molecule has 1 rings (SSSR count). The fraction of sp³-hybridized carbons (Fsp3) is 0.333. The summed E-state index contributed by atoms with van der Waals surface area (Å²) in [6.07, 6.45) is 2.91. The van der Waals surface area contributed by atoms with E-state index in [-0.39, 0.29) is 16.5 Å². The number of carbonyl (C=O) groups is 2. The molecule has 1 amide bonds.